The molecular formula is C14H19NO4. The number of hydrogen-bond acceptors (Lipinski definition) is 5. The van der Waals surface area contributed by atoms with Gasteiger partial charge in [-0.25, -0.2) is 0 Å². The first-order chi connectivity index (χ1) is 8.81. The quantitative estimate of drug-likeness (QED) is 0.349. The van der Waals surface area contributed by atoms with E-state index in [1.807, 2.05) is 0 Å². The summed E-state index contributed by atoms with van der Waals surface area (Å²) in [6, 6.07) is -2.36. The van der Waals surface area contributed by atoms with Crippen molar-refractivity contribution >= 4 is 24.1 Å². The molecule has 0 saturated heterocycles. The van der Waals surface area contributed by atoms with E-state index in [9.17, 15) is 19.2 Å². The number of ketones is 2. The number of aldehydes is 2. The molecule has 0 amide bonds. The van der Waals surface area contributed by atoms with Crippen molar-refractivity contribution in [1.82, 2.24) is 4.90 Å². The molecule has 0 spiro atoms. The smallest absolute Gasteiger partial charge is 0.182 e. The number of nitrogens with zero attached hydrogens (tertiary/aromatic N) is 1. The van der Waals surface area contributed by atoms with Crippen LogP contribution in [0.15, 0.2) is 24.3 Å². The van der Waals surface area contributed by atoms with Crippen LogP contribution < -0.4 is 0 Å². The van der Waals surface area contributed by atoms with E-state index in [1.165, 1.54) is 18.7 Å². The summed E-state index contributed by atoms with van der Waals surface area (Å²) in [4.78, 5) is 47.2. The molecule has 0 rings (SSSR count). The molecule has 0 aromatic carbocycles. The Morgan fingerprint density at radius 1 is 1.00 bits per heavy atom. The van der Waals surface area contributed by atoms with Gasteiger partial charge in [0, 0.05) is 0 Å². The van der Waals surface area contributed by atoms with Crippen LogP contribution in [-0.2, 0) is 19.2 Å². The Labute approximate surface area is 113 Å². The Bertz CT molecular complexity index is 387. The molecule has 0 N–H and O–H groups in total. The van der Waals surface area contributed by atoms with E-state index in [1.54, 1.807) is 6.92 Å². The highest BCUT2D eigenvalue weighted by atomic mass is 16.2. The standard InChI is InChI=1S/C14H19NO4/c1-6-15(11(7-16)13(18)9(2)3)12(8-17)14(19)10(4)5/h7-8,11-12H,2,4,6H2,1,3,5H3. The molecule has 0 aliphatic heterocycles. The van der Waals surface area contributed by atoms with Crippen molar-refractivity contribution in [2.45, 2.75) is 32.9 Å². The van der Waals surface area contributed by atoms with Crippen LogP contribution in [0.2, 0.25) is 0 Å². The van der Waals surface area contributed by atoms with Gasteiger partial charge < -0.3 is 9.59 Å². The summed E-state index contributed by atoms with van der Waals surface area (Å²) in [5.41, 5.74) is 0.394. The van der Waals surface area contributed by atoms with Crippen molar-refractivity contribution < 1.29 is 19.2 Å². The number of carbonyl (C=O) groups is 4. The van der Waals surface area contributed by atoms with E-state index in [2.05, 4.69) is 13.2 Å². The Morgan fingerprint density at radius 2 is 1.32 bits per heavy atom. The van der Waals surface area contributed by atoms with Gasteiger partial charge >= 0.3 is 0 Å². The third kappa shape index (κ3) is 4.06. The highest BCUT2D eigenvalue weighted by molar-refractivity contribution is 6.11. The van der Waals surface area contributed by atoms with E-state index in [0.717, 1.165) is 0 Å². The van der Waals surface area contributed by atoms with Gasteiger partial charge in [0.2, 0.25) is 0 Å². The van der Waals surface area contributed by atoms with Crippen molar-refractivity contribution in [2.24, 2.45) is 0 Å². The van der Waals surface area contributed by atoms with E-state index in [4.69, 9.17) is 0 Å². The fourth-order valence-electron chi connectivity index (χ4n) is 1.65. The second kappa shape index (κ2) is 7.53. The average Bonchev–Trinajstić information content (AvgIpc) is 2.37. The Hall–Kier alpha value is -1.88. The van der Waals surface area contributed by atoms with E-state index in [0.29, 0.717) is 12.6 Å². The molecule has 0 radical (unpaired) electrons. The van der Waals surface area contributed by atoms with Crippen LogP contribution in [0.1, 0.15) is 20.8 Å². The van der Waals surface area contributed by atoms with Crippen LogP contribution in [0.3, 0.4) is 0 Å². The molecule has 5 nitrogen and oxygen atoms in total. The first-order valence-electron chi connectivity index (χ1n) is 5.87. The number of hydrogen-bond donors (Lipinski definition) is 0. The first kappa shape index (κ1) is 17.1. The molecule has 0 bridgehead atoms. The van der Waals surface area contributed by atoms with Gasteiger partial charge in [-0.2, -0.15) is 0 Å². The zero-order valence-corrected chi connectivity index (χ0v) is 11.5. The van der Waals surface area contributed by atoms with Crippen LogP contribution in [0.4, 0.5) is 0 Å². The predicted octanol–water partition coefficient (Wildman–Crippen LogP) is 0.734. The Balaban J connectivity index is 5.46. The number of Topliss-reactive ketones (excluding diaryl/α,β-unsaturated/α-hetero) is 2. The zero-order valence-electron chi connectivity index (χ0n) is 11.5. The van der Waals surface area contributed by atoms with Crippen LogP contribution >= 0.6 is 0 Å². The summed E-state index contributed by atoms with van der Waals surface area (Å²) >= 11 is 0. The van der Waals surface area contributed by atoms with Crippen LogP contribution in [0, 0.1) is 0 Å². The van der Waals surface area contributed by atoms with Crippen LogP contribution in [-0.4, -0.2) is 47.7 Å². The lowest BCUT2D eigenvalue weighted by Crippen LogP contribution is -2.52. The summed E-state index contributed by atoms with van der Waals surface area (Å²) in [5, 5.41) is 0. The van der Waals surface area contributed by atoms with Crippen LogP contribution in [0.25, 0.3) is 0 Å². The van der Waals surface area contributed by atoms with Gasteiger partial charge in [0.25, 0.3) is 0 Å². The fourth-order valence-corrected chi connectivity index (χ4v) is 1.65. The Kier molecular flexibility index (Phi) is 6.79. The molecule has 2 unspecified atom stereocenters. The van der Waals surface area contributed by atoms with Crippen LogP contribution in [0.5, 0.6) is 0 Å². The van der Waals surface area contributed by atoms with E-state index >= 15 is 0 Å². The molecule has 0 fully saturated rings. The molecule has 0 aliphatic carbocycles. The van der Waals surface area contributed by atoms with Crippen molar-refractivity contribution in [1.29, 1.82) is 0 Å². The van der Waals surface area contributed by atoms with Gasteiger partial charge in [0.1, 0.15) is 24.7 Å². The molecule has 0 heterocycles. The third-order valence-electron chi connectivity index (χ3n) is 2.72. The topological polar surface area (TPSA) is 71.5 Å². The molecule has 104 valence electrons. The summed E-state index contributed by atoms with van der Waals surface area (Å²) in [6.45, 7) is 11.8. The van der Waals surface area contributed by atoms with Crippen molar-refractivity contribution in [3.63, 3.8) is 0 Å². The van der Waals surface area contributed by atoms with Crippen molar-refractivity contribution in [3.8, 4) is 0 Å². The van der Waals surface area contributed by atoms with Gasteiger partial charge in [-0.3, -0.25) is 14.5 Å². The molecule has 0 aliphatic rings. The molecule has 2 atom stereocenters. The minimum Gasteiger partial charge on any atom is -0.301 e. The molecule has 0 aromatic heterocycles. The minimum atomic E-state index is -1.18. The average molecular weight is 265 g/mol. The summed E-state index contributed by atoms with van der Waals surface area (Å²) in [7, 11) is 0. The lowest BCUT2D eigenvalue weighted by atomic mass is 10.0. The summed E-state index contributed by atoms with van der Waals surface area (Å²) in [5.74, 6) is -1.00. The molecule has 5 heteroatoms. The predicted molar refractivity (Wildman–Crippen MR) is 71.7 cm³/mol. The normalized spacial score (nSPS) is 13.5. The molecule has 0 saturated carbocycles. The second-order valence-electron chi connectivity index (χ2n) is 4.28. The lowest BCUT2D eigenvalue weighted by molar-refractivity contribution is -0.132. The zero-order chi connectivity index (χ0) is 15.2. The summed E-state index contributed by atoms with van der Waals surface area (Å²) in [6.07, 6.45) is 0.839. The highest BCUT2D eigenvalue weighted by Gasteiger charge is 2.34. The van der Waals surface area contributed by atoms with E-state index in [-0.39, 0.29) is 17.7 Å². The number of carbonyl (C=O) groups excluding carboxylic acids is 4. The van der Waals surface area contributed by atoms with Gasteiger partial charge in [-0.1, -0.05) is 20.1 Å². The maximum absolute atomic E-state index is 11.9. The largest absolute Gasteiger partial charge is 0.301 e. The Morgan fingerprint density at radius 3 is 1.47 bits per heavy atom. The van der Waals surface area contributed by atoms with Gasteiger partial charge in [-0.15, -0.1) is 0 Å². The monoisotopic (exact) mass is 265 g/mol. The minimum absolute atomic E-state index is 0.197. The maximum Gasteiger partial charge on any atom is 0.182 e. The van der Waals surface area contributed by atoms with Gasteiger partial charge in [-0.05, 0) is 31.5 Å². The molecule has 19 heavy (non-hydrogen) atoms. The molecular weight excluding hydrogens is 246 g/mol. The highest BCUT2D eigenvalue weighted by Crippen LogP contribution is 2.11. The number of likely N-dealkylation sites (N-methyl/N-ethyl adjacent to an activating group) is 1. The van der Waals surface area contributed by atoms with Gasteiger partial charge in [0.05, 0.1) is 0 Å². The van der Waals surface area contributed by atoms with Crippen molar-refractivity contribution in [2.75, 3.05) is 6.54 Å². The van der Waals surface area contributed by atoms with E-state index < -0.39 is 23.7 Å². The van der Waals surface area contributed by atoms with Crippen molar-refractivity contribution in [3.05, 3.63) is 24.3 Å². The number of rotatable bonds is 9. The maximum atomic E-state index is 11.9. The first-order valence-corrected chi connectivity index (χ1v) is 5.87. The fraction of sp³-hybridized carbons (Fsp3) is 0.429. The van der Waals surface area contributed by atoms with Gasteiger partial charge in [0.15, 0.2) is 11.6 Å². The SMILES string of the molecule is C=C(C)C(=O)C(C=O)N(CC)C(C=O)C(=O)C(=C)C. The second-order valence-corrected chi connectivity index (χ2v) is 4.28. The summed E-state index contributed by atoms with van der Waals surface area (Å²) < 4.78 is 0. The molecule has 0 aromatic rings. The third-order valence-corrected chi connectivity index (χ3v) is 2.72. The lowest BCUT2D eigenvalue weighted by Gasteiger charge is -2.29.